The molecule has 1 aromatic rings. The lowest BCUT2D eigenvalue weighted by Gasteiger charge is -2.26. The molecule has 1 aliphatic rings. The number of hydrogen-bond donors (Lipinski definition) is 1. The summed E-state index contributed by atoms with van der Waals surface area (Å²) in [6.07, 6.45) is 4.76. The van der Waals surface area contributed by atoms with E-state index < -0.39 is 10.8 Å². The molecule has 0 unspecified atom stereocenters. The lowest BCUT2D eigenvalue weighted by atomic mass is 9.81. The molecule has 1 aliphatic carbocycles. The Kier molecular flexibility index (Phi) is 4.70. The van der Waals surface area contributed by atoms with E-state index >= 15 is 0 Å². The average molecular weight is 326 g/mol. The fourth-order valence-corrected chi connectivity index (χ4v) is 3.22. The summed E-state index contributed by atoms with van der Waals surface area (Å²) in [7, 11) is 1.37. The van der Waals surface area contributed by atoms with Crippen molar-refractivity contribution in [2.75, 3.05) is 7.11 Å². The molecule has 2 atom stereocenters. The quantitative estimate of drug-likeness (QED) is 0.857. The molecule has 1 saturated carbocycles. The minimum atomic E-state index is -0.606. The van der Waals surface area contributed by atoms with Crippen molar-refractivity contribution in [3.63, 3.8) is 0 Å². The molecular weight excluding hydrogens is 306 g/mol. The van der Waals surface area contributed by atoms with Crippen LogP contribution in [0.25, 0.3) is 0 Å². The van der Waals surface area contributed by atoms with Gasteiger partial charge < -0.3 is 10.1 Å². The molecule has 7 heteroatoms. The van der Waals surface area contributed by atoms with Crippen LogP contribution in [0.4, 0.5) is 0 Å². The summed E-state index contributed by atoms with van der Waals surface area (Å²) in [4.78, 5) is 32.4. The predicted molar refractivity (Wildman–Crippen MR) is 81.0 cm³/mol. The summed E-state index contributed by atoms with van der Waals surface area (Å²) in [5.74, 6) is -0.372. The molecule has 0 aromatic carbocycles. The Bertz CT molecular complexity index is 595. The number of aromatic nitrogens is 2. The number of amides is 1. The first-order valence-corrected chi connectivity index (χ1v) is 7.51. The van der Waals surface area contributed by atoms with Crippen LogP contribution in [-0.2, 0) is 20.9 Å². The monoisotopic (exact) mass is 325 g/mol. The third-order valence-electron chi connectivity index (χ3n) is 4.37. The van der Waals surface area contributed by atoms with Crippen LogP contribution in [-0.4, -0.2) is 29.0 Å². The number of ether oxygens (including phenoxy) is 1. The largest absolute Gasteiger partial charge is 0.469 e. The van der Waals surface area contributed by atoms with Crippen LogP contribution in [0.5, 0.6) is 0 Å². The fraction of sp³-hybridized carbons (Fsp3) is 0.600. The maximum Gasteiger partial charge on any atom is 0.311 e. The van der Waals surface area contributed by atoms with Gasteiger partial charge in [-0.2, -0.15) is 0 Å². The van der Waals surface area contributed by atoms with E-state index in [1.807, 2.05) is 13.8 Å². The second-order valence-corrected chi connectivity index (χ2v) is 6.62. The Morgan fingerprint density at radius 2 is 1.91 bits per heavy atom. The molecule has 1 amide bonds. The van der Waals surface area contributed by atoms with Gasteiger partial charge in [0.1, 0.15) is 0 Å². The van der Waals surface area contributed by atoms with Crippen molar-refractivity contribution in [2.45, 2.75) is 39.7 Å². The van der Waals surface area contributed by atoms with E-state index in [-0.39, 0.29) is 23.6 Å². The van der Waals surface area contributed by atoms with E-state index in [0.717, 1.165) is 0 Å². The lowest BCUT2D eigenvalue weighted by molar-refractivity contribution is -0.152. The van der Waals surface area contributed by atoms with Crippen molar-refractivity contribution in [3.05, 3.63) is 23.2 Å². The van der Waals surface area contributed by atoms with E-state index in [1.54, 1.807) is 0 Å². The Labute approximate surface area is 134 Å². The highest BCUT2D eigenvalue weighted by Gasteiger charge is 2.51. The molecule has 0 saturated heterocycles. The molecule has 6 nitrogen and oxygen atoms in total. The van der Waals surface area contributed by atoms with Gasteiger partial charge in [-0.3, -0.25) is 14.6 Å². The van der Waals surface area contributed by atoms with Gasteiger partial charge in [0.05, 0.1) is 24.8 Å². The molecule has 0 radical (unpaired) electrons. The number of nitrogens with one attached hydrogen (secondary N) is 1. The summed E-state index contributed by atoms with van der Waals surface area (Å²) >= 11 is 5.92. The summed E-state index contributed by atoms with van der Waals surface area (Å²) in [5.41, 5.74) is -0.683. The Morgan fingerprint density at radius 1 is 1.27 bits per heavy atom. The zero-order valence-electron chi connectivity index (χ0n) is 13.0. The Balaban J connectivity index is 2.01. The topological polar surface area (TPSA) is 81.2 Å². The maximum absolute atomic E-state index is 12.5. The SMILES string of the molecule is COC(=O)[C@]1(C)CC[C@@](C)(C(=O)NCc2nccnc2Cl)C1. The van der Waals surface area contributed by atoms with Crippen LogP contribution in [0.15, 0.2) is 12.4 Å². The smallest absolute Gasteiger partial charge is 0.311 e. The minimum Gasteiger partial charge on any atom is -0.469 e. The van der Waals surface area contributed by atoms with Gasteiger partial charge in [0.15, 0.2) is 5.15 Å². The van der Waals surface area contributed by atoms with Crippen LogP contribution >= 0.6 is 11.6 Å². The van der Waals surface area contributed by atoms with Gasteiger partial charge in [-0.25, -0.2) is 4.98 Å². The number of carbonyl (C=O) groups is 2. The number of hydrogen-bond acceptors (Lipinski definition) is 5. The minimum absolute atomic E-state index is 0.109. The molecule has 1 heterocycles. The third-order valence-corrected chi connectivity index (χ3v) is 4.69. The first-order chi connectivity index (χ1) is 10.3. The average Bonchev–Trinajstić information content (AvgIpc) is 2.83. The molecule has 0 bridgehead atoms. The summed E-state index contributed by atoms with van der Waals surface area (Å²) < 4.78 is 4.85. The molecule has 22 heavy (non-hydrogen) atoms. The maximum atomic E-state index is 12.5. The van der Waals surface area contributed by atoms with Crippen LogP contribution in [0.1, 0.15) is 38.8 Å². The summed E-state index contributed by atoms with van der Waals surface area (Å²) in [6.45, 7) is 3.93. The number of carbonyl (C=O) groups excluding carboxylic acids is 2. The number of esters is 1. The van der Waals surface area contributed by atoms with E-state index in [1.165, 1.54) is 19.5 Å². The van der Waals surface area contributed by atoms with Crippen LogP contribution in [0, 0.1) is 10.8 Å². The molecule has 120 valence electrons. The van der Waals surface area contributed by atoms with Crippen LogP contribution in [0.3, 0.4) is 0 Å². The highest BCUT2D eigenvalue weighted by Crippen LogP contribution is 2.49. The molecular formula is C15H20ClN3O3. The van der Waals surface area contributed by atoms with E-state index in [2.05, 4.69) is 15.3 Å². The van der Waals surface area contributed by atoms with Crippen molar-refractivity contribution >= 4 is 23.5 Å². The number of methoxy groups -OCH3 is 1. The fourth-order valence-electron chi connectivity index (χ4n) is 3.05. The van der Waals surface area contributed by atoms with Crippen molar-refractivity contribution in [3.8, 4) is 0 Å². The van der Waals surface area contributed by atoms with Crippen LogP contribution < -0.4 is 5.32 Å². The second-order valence-electron chi connectivity index (χ2n) is 6.27. The van der Waals surface area contributed by atoms with E-state index in [4.69, 9.17) is 16.3 Å². The second kappa shape index (κ2) is 6.20. The van der Waals surface area contributed by atoms with Crippen molar-refractivity contribution in [2.24, 2.45) is 10.8 Å². The van der Waals surface area contributed by atoms with Gasteiger partial charge in [-0.1, -0.05) is 18.5 Å². The van der Waals surface area contributed by atoms with Crippen molar-refractivity contribution in [1.29, 1.82) is 0 Å². The van der Waals surface area contributed by atoms with Gasteiger partial charge in [-0.15, -0.1) is 0 Å². The number of halogens is 1. The molecule has 0 aliphatic heterocycles. The standard InChI is InChI=1S/C15H20ClN3O3/c1-14(4-5-15(2,9-14)13(21)22-3)12(20)19-8-10-11(16)18-7-6-17-10/h6-7H,4-5,8-9H2,1-3H3,(H,19,20)/t14-,15-/m1/s1. The third kappa shape index (κ3) is 3.21. The normalized spacial score (nSPS) is 27.5. The zero-order chi connectivity index (χ0) is 16.4. The molecule has 1 N–H and O–H groups in total. The van der Waals surface area contributed by atoms with Crippen LogP contribution in [0.2, 0.25) is 5.15 Å². The number of nitrogens with zero attached hydrogens (tertiary/aromatic N) is 2. The first kappa shape index (κ1) is 16.7. The summed E-state index contributed by atoms with van der Waals surface area (Å²) in [5, 5.41) is 3.12. The van der Waals surface area contributed by atoms with Gasteiger partial charge in [0, 0.05) is 17.8 Å². The van der Waals surface area contributed by atoms with E-state index in [9.17, 15) is 9.59 Å². The van der Waals surface area contributed by atoms with Crippen molar-refractivity contribution < 1.29 is 14.3 Å². The van der Waals surface area contributed by atoms with E-state index in [0.29, 0.717) is 25.0 Å². The lowest BCUT2D eigenvalue weighted by Crippen LogP contribution is -2.39. The van der Waals surface area contributed by atoms with Gasteiger partial charge >= 0.3 is 5.97 Å². The predicted octanol–water partition coefficient (Wildman–Crippen LogP) is 2.12. The Morgan fingerprint density at radius 3 is 2.55 bits per heavy atom. The first-order valence-electron chi connectivity index (χ1n) is 7.13. The Hall–Kier alpha value is -1.69. The molecule has 1 aromatic heterocycles. The van der Waals surface area contributed by atoms with Gasteiger partial charge in [0.2, 0.25) is 5.91 Å². The highest BCUT2D eigenvalue weighted by molar-refractivity contribution is 6.29. The van der Waals surface area contributed by atoms with Crippen molar-refractivity contribution in [1.82, 2.24) is 15.3 Å². The molecule has 0 spiro atoms. The molecule has 2 rings (SSSR count). The van der Waals surface area contributed by atoms with Gasteiger partial charge in [-0.05, 0) is 26.2 Å². The zero-order valence-corrected chi connectivity index (χ0v) is 13.7. The van der Waals surface area contributed by atoms with Gasteiger partial charge in [0.25, 0.3) is 0 Å². The summed E-state index contributed by atoms with van der Waals surface area (Å²) in [6, 6.07) is 0. The number of rotatable bonds is 4. The molecule has 1 fully saturated rings. The highest BCUT2D eigenvalue weighted by atomic mass is 35.5.